The minimum atomic E-state index is 0. The molecule has 6 nitrogen and oxygen atoms in total. The molecule has 1 aromatic carbocycles. The summed E-state index contributed by atoms with van der Waals surface area (Å²) in [4.78, 5) is 6.83. The van der Waals surface area contributed by atoms with Crippen molar-refractivity contribution in [3.63, 3.8) is 0 Å². The average Bonchev–Trinajstić information content (AvgIpc) is 2.80. The predicted molar refractivity (Wildman–Crippen MR) is 140 cm³/mol. The van der Waals surface area contributed by atoms with Gasteiger partial charge < -0.3 is 25.0 Å². The van der Waals surface area contributed by atoms with E-state index in [4.69, 9.17) is 9.47 Å². The molecular weight excluding hydrogens is 503 g/mol. The summed E-state index contributed by atoms with van der Waals surface area (Å²) in [6, 6.07) is 8.94. The third-order valence-electron chi connectivity index (χ3n) is 6.22. The number of rotatable bonds is 9. The number of anilines is 1. The van der Waals surface area contributed by atoms with E-state index in [1.165, 1.54) is 37.2 Å². The number of nitrogens with zero attached hydrogens (tertiary/aromatic N) is 2. The molecule has 1 aromatic rings. The van der Waals surface area contributed by atoms with Crippen molar-refractivity contribution in [2.24, 2.45) is 16.8 Å². The fourth-order valence-corrected chi connectivity index (χ4v) is 4.04. The van der Waals surface area contributed by atoms with Gasteiger partial charge in [0.15, 0.2) is 5.96 Å². The topological polar surface area (TPSA) is 58.1 Å². The maximum Gasteiger partial charge on any atom is 0.191 e. The molecule has 2 fully saturated rings. The molecule has 0 aromatic heterocycles. The molecule has 176 valence electrons. The second-order valence-electron chi connectivity index (χ2n) is 8.67. The van der Waals surface area contributed by atoms with Crippen LogP contribution in [0.15, 0.2) is 29.3 Å². The monoisotopic (exact) mass is 544 g/mol. The molecule has 3 rings (SSSR count). The first-order chi connectivity index (χ1) is 14.7. The molecule has 2 N–H and O–H groups in total. The summed E-state index contributed by atoms with van der Waals surface area (Å²) in [5.41, 5.74) is 2.61. The quantitative estimate of drug-likeness (QED) is 0.213. The number of piperidine rings is 1. The van der Waals surface area contributed by atoms with Crippen molar-refractivity contribution in [1.29, 1.82) is 0 Å². The first-order valence-electron chi connectivity index (χ1n) is 11.7. The van der Waals surface area contributed by atoms with Crippen LogP contribution < -0.4 is 15.5 Å². The maximum atomic E-state index is 5.83. The van der Waals surface area contributed by atoms with E-state index in [-0.39, 0.29) is 24.0 Å². The Hall–Kier alpha value is -1.06. The van der Waals surface area contributed by atoms with E-state index in [0.717, 1.165) is 70.7 Å². The Morgan fingerprint density at radius 2 is 1.81 bits per heavy atom. The summed E-state index contributed by atoms with van der Waals surface area (Å²) >= 11 is 0. The number of benzene rings is 1. The molecule has 2 aliphatic rings. The minimum absolute atomic E-state index is 0. The zero-order chi connectivity index (χ0) is 21.0. The van der Waals surface area contributed by atoms with Crippen LogP contribution in [0.4, 0.5) is 5.69 Å². The predicted octanol–water partition coefficient (Wildman–Crippen LogP) is 4.04. The zero-order valence-electron chi connectivity index (χ0n) is 19.3. The average molecular weight is 545 g/mol. The van der Waals surface area contributed by atoms with Crippen LogP contribution in [0.2, 0.25) is 0 Å². The zero-order valence-corrected chi connectivity index (χ0v) is 21.6. The van der Waals surface area contributed by atoms with Gasteiger partial charge in [0.2, 0.25) is 0 Å². The largest absolute Gasteiger partial charge is 0.381 e. The lowest BCUT2D eigenvalue weighted by Crippen LogP contribution is -2.37. The molecule has 0 spiro atoms. The van der Waals surface area contributed by atoms with Gasteiger partial charge in [-0.25, -0.2) is 0 Å². The van der Waals surface area contributed by atoms with Gasteiger partial charge in [0, 0.05) is 65.3 Å². The number of guanidine groups is 1. The highest BCUT2D eigenvalue weighted by Gasteiger charge is 2.16. The first-order valence-corrected chi connectivity index (χ1v) is 11.7. The van der Waals surface area contributed by atoms with Crippen molar-refractivity contribution < 1.29 is 9.47 Å². The minimum Gasteiger partial charge on any atom is -0.381 e. The second-order valence-corrected chi connectivity index (χ2v) is 8.67. The van der Waals surface area contributed by atoms with Gasteiger partial charge in [0.1, 0.15) is 0 Å². The SMILES string of the molecule is CN=C(NCCCOCC1CCOCC1)NCc1ccc(N2CCC(C)CC2)cc1.I. The van der Waals surface area contributed by atoms with Crippen molar-refractivity contribution in [1.82, 2.24) is 10.6 Å². The van der Waals surface area contributed by atoms with Gasteiger partial charge >= 0.3 is 0 Å². The van der Waals surface area contributed by atoms with E-state index in [1.807, 2.05) is 7.05 Å². The fraction of sp³-hybridized carbons (Fsp3) is 0.708. The summed E-state index contributed by atoms with van der Waals surface area (Å²) in [7, 11) is 1.82. The Balaban J connectivity index is 0.00000341. The van der Waals surface area contributed by atoms with E-state index in [1.54, 1.807) is 0 Å². The normalized spacial score (nSPS) is 18.5. The summed E-state index contributed by atoms with van der Waals surface area (Å²) in [5, 5.41) is 6.78. The Morgan fingerprint density at radius 3 is 2.48 bits per heavy atom. The maximum absolute atomic E-state index is 5.83. The lowest BCUT2D eigenvalue weighted by atomic mass is 9.99. The van der Waals surface area contributed by atoms with E-state index in [0.29, 0.717) is 5.92 Å². The highest BCUT2D eigenvalue weighted by molar-refractivity contribution is 14.0. The van der Waals surface area contributed by atoms with Crippen LogP contribution in [0.5, 0.6) is 0 Å². The summed E-state index contributed by atoms with van der Waals surface area (Å²) in [6.07, 6.45) is 5.84. The number of hydrogen-bond donors (Lipinski definition) is 2. The molecule has 0 radical (unpaired) electrons. The van der Waals surface area contributed by atoms with E-state index < -0.39 is 0 Å². The van der Waals surface area contributed by atoms with Gasteiger partial charge in [-0.3, -0.25) is 4.99 Å². The van der Waals surface area contributed by atoms with Crippen LogP contribution in [0.1, 0.15) is 44.6 Å². The summed E-state index contributed by atoms with van der Waals surface area (Å²) in [5.74, 6) is 2.38. The summed E-state index contributed by atoms with van der Waals surface area (Å²) in [6.45, 7) is 9.77. The first kappa shape index (κ1) is 26.2. The van der Waals surface area contributed by atoms with Gasteiger partial charge in [-0.15, -0.1) is 24.0 Å². The van der Waals surface area contributed by atoms with Crippen molar-refractivity contribution in [3.8, 4) is 0 Å². The lowest BCUT2D eigenvalue weighted by molar-refractivity contribution is 0.0203. The standard InChI is InChI=1S/C24H40N4O2.HI/c1-20-8-13-28(14-9-20)23-6-4-21(5-7-23)18-27-24(25-2)26-12-3-15-30-19-22-10-16-29-17-11-22;/h4-7,20,22H,3,8-19H2,1-2H3,(H2,25,26,27);1H. The van der Waals surface area contributed by atoms with Crippen molar-refractivity contribution in [2.45, 2.75) is 45.6 Å². The third kappa shape index (κ3) is 9.53. The van der Waals surface area contributed by atoms with Gasteiger partial charge in [0.25, 0.3) is 0 Å². The Kier molecular flexibility index (Phi) is 12.6. The number of aliphatic imine (C=N–C) groups is 1. The summed E-state index contributed by atoms with van der Waals surface area (Å²) < 4.78 is 11.2. The Labute approximate surface area is 205 Å². The second kappa shape index (κ2) is 14.9. The number of halogens is 1. The van der Waals surface area contributed by atoms with Crippen molar-refractivity contribution >= 4 is 35.6 Å². The molecular formula is C24H41IN4O2. The van der Waals surface area contributed by atoms with Crippen molar-refractivity contribution in [3.05, 3.63) is 29.8 Å². The molecule has 0 atom stereocenters. The molecule has 2 saturated heterocycles. The number of nitrogens with one attached hydrogen (secondary N) is 2. The molecule has 0 aliphatic carbocycles. The molecule has 0 saturated carbocycles. The van der Waals surface area contributed by atoms with Gasteiger partial charge in [-0.05, 0) is 61.6 Å². The molecule has 2 heterocycles. The van der Waals surface area contributed by atoms with Gasteiger partial charge in [-0.2, -0.15) is 0 Å². The molecule has 0 unspecified atom stereocenters. The van der Waals surface area contributed by atoms with E-state index in [9.17, 15) is 0 Å². The van der Waals surface area contributed by atoms with Crippen LogP contribution in [0.3, 0.4) is 0 Å². The molecule has 0 amide bonds. The highest BCUT2D eigenvalue weighted by Crippen LogP contribution is 2.23. The van der Waals surface area contributed by atoms with Gasteiger partial charge in [0.05, 0.1) is 0 Å². The van der Waals surface area contributed by atoms with E-state index in [2.05, 4.69) is 51.7 Å². The number of hydrogen-bond acceptors (Lipinski definition) is 4. The molecule has 31 heavy (non-hydrogen) atoms. The molecule has 2 aliphatic heterocycles. The molecule has 0 bridgehead atoms. The Morgan fingerprint density at radius 1 is 1.10 bits per heavy atom. The molecule has 7 heteroatoms. The fourth-order valence-electron chi connectivity index (χ4n) is 4.04. The van der Waals surface area contributed by atoms with Gasteiger partial charge in [-0.1, -0.05) is 19.1 Å². The van der Waals surface area contributed by atoms with Crippen molar-refractivity contribution in [2.75, 3.05) is 58.0 Å². The lowest BCUT2D eigenvalue weighted by Gasteiger charge is -2.32. The van der Waals surface area contributed by atoms with Crippen LogP contribution >= 0.6 is 24.0 Å². The highest BCUT2D eigenvalue weighted by atomic mass is 127. The smallest absolute Gasteiger partial charge is 0.191 e. The Bertz CT molecular complexity index is 627. The van der Waals surface area contributed by atoms with Crippen LogP contribution in [0.25, 0.3) is 0 Å². The van der Waals surface area contributed by atoms with E-state index >= 15 is 0 Å². The third-order valence-corrected chi connectivity index (χ3v) is 6.22. The van der Waals surface area contributed by atoms with Crippen LogP contribution in [-0.2, 0) is 16.0 Å². The van der Waals surface area contributed by atoms with Crippen LogP contribution in [-0.4, -0.2) is 59.1 Å². The van der Waals surface area contributed by atoms with Crippen LogP contribution in [0, 0.1) is 11.8 Å². The number of ether oxygens (including phenoxy) is 2.